The Morgan fingerprint density at radius 1 is 1.33 bits per heavy atom. The molecule has 0 aromatic carbocycles. The lowest BCUT2D eigenvalue weighted by molar-refractivity contribution is -0.147. The first kappa shape index (κ1) is 15.0. The number of rotatable bonds is 3. The van der Waals surface area contributed by atoms with Crippen LogP contribution in [0.15, 0.2) is 12.3 Å². The zero-order valence-electron chi connectivity index (χ0n) is 12.7. The molecule has 0 radical (unpaired) electrons. The lowest BCUT2D eigenvalue weighted by atomic mass is 10.0. The molecule has 7 heteroatoms. The van der Waals surface area contributed by atoms with Crippen molar-refractivity contribution in [3.8, 4) is 0 Å². The van der Waals surface area contributed by atoms with Gasteiger partial charge in [0, 0.05) is 18.4 Å². The molecule has 0 spiro atoms. The van der Waals surface area contributed by atoms with Gasteiger partial charge in [-0.2, -0.15) is 5.10 Å². The predicted molar refractivity (Wildman–Crippen MR) is 76.3 cm³/mol. The Bertz CT molecular complexity index is 733. The van der Waals surface area contributed by atoms with Gasteiger partial charge in [0.05, 0.1) is 6.20 Å². The zero-order chi connectivity index (χ0) is 15.9. The molecule has 112 valence electrons. The van der Waals surface area contributed by atoms with Crippen molar-refractivity contribution in [3.63, 3.8) is 0 Å². The number of aromatic nitrogens is 3. The number of hydrogen-bond acceptors (Lipinski definition) is 4. The molecule has 0 aliphatic rings. The highest BCUT2D eigenvalue weighted by atomic mass is 16.4. The maximum atomic E-state index is 12.6. The summed E-state index contributed by atoms with van der Waals surface area (Å²) >= 11 is 0. The number of aliphatic carboxylic acids is 1. The first-order valence-corrected chi connectivity index (χ1v) is 6.49. The van der Waals surface area contributed by atoms with Crippen LogP contribution in [0.25, 0.3) is 5.65 Å². The molecule has 2 aromatic rings. The van der Waals surface area contributed by atoms with Crippen LogP contribution in [0.3, 0.4) is 0 Å². The highest BCUT2D eigenvalue weighted by Crippen LogP contribution is 2.19. The van der Waals surface area contributed by atoms with Crippen molar-refractivity contribution in [1.29, 1.82) is 0 Å². The summed E-state index contributed by atoms with van der Waals surface area (Å²) in [5, 5.41) is 13.4. The number of amides is 1. The van der Waals surface area contributed by atoms with Crippen molar-refractivity contribution < 1.29 is 14.7 Å². The first-order valence-electron chi connectivity index (χ1n) is 6.49. The van der Waals surface area contributed by atoms with Crippen molar-refractivity contribution >= 4 is 17.5 Å². The Labute approximate surface area is 122 Å². The van der Waals surface area contributed by atoms with E-state index in [1.54, 1.807) is 4.52 Å². The lowest BCUT2D eigenvalue weighted by Gasteiger charge is -2.31. The predicted octanol–water partition coefficient (Wildman–Crippen LogP) is 1.28. The molecular formula is C14H18N4O3. The van der Waals surface area contributed by atoms with Gasteiger partial charge in [-0.15, -0.1) is 0 Å². The van der Waals surface area contributed by atoms with Crippen LogP contribution in [-0.4, -0.2) is 49.1 Å². The number of nitrogens with zero attached hydrogens (tertiary/aromatic N) is 4. The van der Waals surface area contributed by atoms with E-state index in [0.29, 0.717) is 11.2 Å². The van der Waals surface area contributed by atoms with Crippen LogP contribution in [0.1, 0.15) is 35.6 Å². The molecule has 1 N–H and O–H groups in total. The van der Waals surface area contributed by atoms with E-state index in [1.165, 1.54) is 32.0 Å². The van der Waals surface area contributed by atoms with Crippen LogP contribution in [0, 0.1) is 13.8 Å². The van der Waals surface area contributed by atoms with Gasteiger partial charge in [-0.05, 0) is 33.8 Å². The van der Waals surface area contributed by atoms with E-state index in [9.17, 15) is 14.7 Å². The maximum absolute atomic E-state index is 12.6. The minimum atomic E-state index is -1.32. The Hall–Kier alpha value is -2.44. The number of hydrogen-bond donors (Lipinski definition) is 1. The number of aryl methyl sites for hydroxylation is 2. The molecule has 0 aliphatic carbocycles. The summed E-state index contributed by atoms with van der Waals surface area (Å²) in [6.07, 6.45) is 1.42. The minimum absolute atomic E-state index is 0.290. The van der Waals surface area contributed by atoms with Gasteiger partial charge in [-0.1, -0.05) is 0 Å². The van der Waals surface area contributed by atoms with Gasteiger partial charge >= 0.3 is 5.97 Å². The van der Waals surface area contributed by atoms with Gasteiger partial charge in [0.1, 0.15) is 11.1 Å². The Morgan fingerprint density at radius 3 is 2.52 bits per heavy atom. The van der Waals surface area contributed by atoms with Crippen molar-refractivity contribution in [3.05, 3.63) is 29.2 Å². The number of carbonyl (C=O) groups is 2. The quantitative estimate of drug-likeness (QED) is 0.920. The minimum Gasteiger partial charge on any atom is -0.480 e. The molecule has 1 amide bonds. The summed E-state index contributed by atoms with van der Waals surface area (Å²) in [7, 11) is 1.46. The van der Waals surface area contributed by atoms with E-state index < -0.39 is 17.4 Å². The highest BCUT2D eigenvalue weighted by molar-refractivity contribution is 6.01. The lowest BCUT2D eigenvalue weighted by Crippen LogP contribution is -2.50. The smallest absolute Gasteiger partial charge is 0.329 e. The van der Waals surface area contributed by atoms with Crippen LogP contribution in [-0.2, 0) is 4.79 Å². The van der Waals surface area contributed by atoms with Crippen LogP contribution >= 0.6 is 0 Å². The molecule has 7 nitrogen and oxygen atoms in total. The fraction of sp³-hybridized carbons (Fsp3) is 0.429. The average Bonchev–Trinajstić information content (AvgIpc) is 2.80. The largest absolute Gasteiger partial charge is 0.480 e. The number of carboxylic acid groups (broad SMARTS) is 1. The summed E-state index contributed by atoms with van der Waals surface area (Å²) in [5.41, 5.74) is 1.04. The molecule has 0 aliphatic heterocycles. The molecule has 2 rings (SSSR count). The van der Waals surface area contributed by atoms with Crippen molar-refractivity contribution in [2.24, 2.45) is 0 Å². The van der Waals surface area contributed by atoms with Crippen molar-refractivity contribution in [2.45, 2.75) is 33.2 Å². The molecule has 0 unspecified atom stereocenters. The standard InChI is InChI=1S/C14H18N4O3/c1-8-6-9(2)18-11(16-8)10(7-15-18)12(19)17(5)14(3,4)13(20)21/h6-7H,1-5H3,(H,20,21). The summed E-state index contributed by atoms with van der Waals surface area (Å²) in [4.78, 5) is 29.4. The van der Waals surface area contributed by atoms with Crippen LogP contribution < -0.4 is 0 Å². The number of carbonyl (C=O) groups excluding carboxylic acids is 1. The average molecular weight is 290 g/mol. The van der Waals surface area contributed by atoms with E-state index in [-0.39, 0.29) is 0 Å². The van der Waals surface area contributed by atoms with Gasteiger partial charge in [0.25, 0.3) is 5.91 Å². The van der Waals surface area contributed by atoms with Gasteiger partial charge in [-0.25, -0.2) is 14.3 Å². The second kappa shape index (κ2) is 4.83. The van der Waals surface area contributed by atoms with E-state index in [0.717, 1.165) is 11.4 Å². The molecule has 2 aromatic heterocycles. The van der Waals surface area contributed by atoms with Crippen molar-refractivity contribution in [2.75, 3.05) is 7.05 Å². The van der Waals surface area contributed by atoms with Crippen LogP contribution in [0.5, 0.6) is 0 Å². The highest BCUT2D eigenvalue weighted by Gasteiger charge is 2.36. The molecule has 0 fully saturated rings. The Morgan fingerprint density at radius 2 is 1.95 bits per heavy atom. The molecule has 0 atom stereocenters. The third-order valence-corrected chi connectivity index (χ3v) is 3.67. The normalized spacial score (nSPS) is 11.7. The van der Waals surface area contributed by atoms with E-state index in [1.807, 2.05) is 19.9 Å². The van der Waals surface area contributed by atoms with Crippen LogP contribution in [0.4, 0.5) is 0 Å². The summed E-state index contributed by atoms with van der Waals surface area (Å²) in [6.45, 7) is 6.65. The van der Waals surface area contributed by atoms with Crippen molar-refractivity contribution in [1.82, 2.24) is 19.5 Å². The van der Waals surface area contributed by atoms with Gasteiger partial charge in [0.2, 0.25) is 0 Å². The van der Waals surface area contributed by atoms with Gasteiger partial charge in [0.15, 0.2) is 5.65 Å². The monoisotopic (exact) mass is 290 g/mol. The van der Waals surface area contributed by atoms with E-state index in [4.69, 9.17) is 0 Å². The zero-order valence-corrected chi connectivity index (χ0v) is 12.7. The summed E-state index contributed by atoms with van der Waals surface area (Å²) in [5.74, 6) is -1.50. The van der Waals surface area contributed by atoms with E-state index in [2.05, 4.69) is 10.1 Å². The number of fused-ring (bicyclic) bond motifs is 1. The Balaban J connectivity index is 2.52. The van der Waals surface area contributed by atoms with E-state index >= 15 is 0 Å². The number of likely N-dealkylation sites (N-methyl/N-ethyl adjacent to an activating group) is 1. The molecular weight excluding hydrogens is 272 g/mol. The third-order valence-electron chi connectivity index (χ3n) is 3.67. The van der Waals surface area contributed by atoms with Crippen LogP contribution in [0.2, 0.25) is 0 Å². The summed E-state index contributed by atoms with van der Waals surface area (Å²) < 4.78 is 1.57. The molecule has 2 heterocycles. The molecule has 21 heavy (non-hydrogen) atoms. The van der Waals surface area contributed by atoms with Gasteiger partial charge < -0.3 is 10.0 Å². The molecule has 0 bridgehead atoms. The molecule has 0 saturated heterocycles. The molecule has 0 saturated carbocycles. The Kier molecular flexibility index (Phi) is 3.44. The second-order valence-corrected chi connectivity index (χ2v) is 5.56. The fourth-order valence-electron chi connectivity index (χ4n) is 2.00. The first-order chi connectivity index (χ1) is 9.66. The second-order valence-electron chi connectivity index (χ2n) is 5.56. The third kappa shape index (κ3) is 2.35. The SMILES string of the molecule is Cc1cc(C)n2ncc(C(=O)N(C)C(C)(C)C(=O)O)c2n1. The topological polar surface area (TPSA) is 87.8 Å². The summed E-state index contributed by atoms with van der Waals surface area (Å²) in [6, 6.07) is 1.86. The fourth-order valence-corrected chi connectivity index (χ4v) is 2.00. The number of carboxylic acids is 1. The maximum Gasteiger partial charge on any atom is 0.329 e. The van der Waals surface area contributed by atoms with Gasteiger partial charge in [-0.3, -0.25) is 4.79 Å².